The number of hydrogen-bond acceptors (Lipinski definition) is 6. The largest absolute Gasteiger partial charge is 0.337 e. The second-order valence-corrected chi connectivity index (χ2v) is 11.4. The van der Waals surface area contributed by atoms with Crippen LogP contribution in [0, 0.1) is 0 Å². The number of aromatic nitrogens is 3. The first-order valence-electron chi connectivity index (χ1n) is 11.1. The Morgan fingerprint density at radius 3 is 2.48 bits per heavy atom. The molecule has 2 aliphatic rings. The van der Waals surface area contributed by atoms with E-state index < -0.39 is 10.0 Å². The lowest BCUT2D eigenvalue weighted by Gasteiger charge is -2.38. The Morgan fingerprint density at radius 2 is 1.88 bits per heavy atom. The third kappa shape index (κ3) is 5.25. The predicted molar refractivity (Wildman–Crippen MR) is 121 cm³/mol. The maximum Gasteiger partial charge on any atom is 0.241 e. The molecule has 33 heavy (non-hydrogen) atoms. The van der Waals surface area contributed by atoms with E-state index in [1.807, 2.05) is 6.20 Å². The van der Waals surface area contributed by atoms with Gasteiger partial charge in [0.05, 0.1) is 30.2 Å². The summed E-state index contributed by atoms with van der Waals surface area (Å²) < 4.78 is 29.2. The van der Waals surface area contributed by atoms with Crippen molar-refractivity contribution in [2.45, 2.75) is 56.5 Å². The van der Waals surface area contributed by atoms with Crippen molar-refractivity contribution in [3.63, 3.8) is 0 Å². The third-order valence-corrected chi connectivity index (χ3v) is 7.53. The summed E-state index contributed by atoms with van der Waals surface area (Å²) in [5, 5.41) is 8.26. The molecule has 1 N–H and O–H groups in total. The van der Waals surface area contributed by atoms with Crippen LogP contribution in [0.1, 0.15) is 50.9 Å². The highest BCUT2D eigenvalue weighted by molar-refractivity contribution is 7.89. The van der Waals surface area contributed by atoms with Gasteiger partial charge in [-0.3, -0.25) is 9.59 Å². The molecule has 2 fully saturated rings. The number of hydrogen-bond donors (Lipinski definition) is 1. The molecule has 178 valence electrons. The minimum atomic E-state index is -3.77. The molecule has 0 radical (unpaired) electrons. The molecule has 4 rings (SSSR count). The standard InChI is InChI=1S/C22H30N6O4S/c1-22(2,3)16-6-8-19(9-7-16)33(31,32)23-11-21(30)27-14-18(15-27)28-13-17(24-25-28)12-26-10-4-5-20(26)29/h6-9,13,18,23H,4-5,10-12,14-15H2,1-3H3. The van der Waals surface area contributed by atoms with Crippen molar-refractivity contribution >= 4 is 21.8 Å². The molecule has 0 spiro atoms. The Labute approximate surface area is 194 Å². The van der Waals surface area contributed by atoms with Crippen molar-refractivity contribution in [3.8, 4) is 0 Å². The molecule has 0 bridgehead atoms. The van der Waals surface area contributed by atoms with E-state index in [1.165, 1.54) is 0 Å². The van der Waals surface area contributed by atoms with Crippen LogP contribution in [0.5, 0.6) is 0 Å². The van der Waals surface area contributed by atoms with Crippen LogP contribution in [-0.2, 0) is 31.6 Å². The average Bonchev–Trinajstić information content (AvgIpc) is 3.34. The molecular formula is C22H30N6O4S. The highest BCUT2D eigenvalue weighted by atomic mass is 32.2. The number of carbonyl (C=O) groups is 2. The Hall–Kier alpha value is -2.79. The lowest BCUT2D eigenvalue weighted by atomic mass is 9.87. The highest BCUT2D eigenvalue weighted by Gasteiger charge is 2.33. The van der Waals surface area contributed by atoms with E-state index in [0.717, 1.165) is 24.2 Å². The zero-order valence-electron chi connectivity index (χ0n) is 19.2. The van der Waals surface area contributed by atoms with Gasteiger partial charge in [-0.2, -0.15) is 0 Å². The molecule has 2 amide bonds. The van der Waals surface area contributed by atoms with E-state index in [4.69, 9.17) is 0 Å². The lowest BCUT2D eigenvalue weighted by Crippen LogP contribution is -2.53. The van der Waals surface area contributed by atoms with E-state index in [1.54, 1.807) is 38.7 Å². The van der Waals surface area contributed by atoms with Crippen LogP contribution < -0.4 is 4.72 Å². The van der Waals surface area contributed by atoms with Crippen molar-refractivity contribution in [1.29, 1.82) is 0 Å². The first-order chi connectivity index (χ1) is 15.5. The van der Waals surface area contributed by atoms with Crippen molar-refractivity contribution in [3.05, 3.63) is 41.7 Å². The highest BCUT2D eigenvalue weighted by Crippen LogP contribution is 2.24. The van der Waals surface area contributed by atoms with Gasteiger partial charge in [-0.15, -0.1) is 5.10 Å². The van der Waals surface area contributed by atoms with Gasteiger partial charge in [0.2, 0.25) is 21.8 Å². The van der Waals surface area contributed by atoms with Crippen LogP contribution in [-0.4, -0.2) is 71.2 Å². The van der Waals surface area contributed by atoms with Crippen LogP contribution in [0.2, 0.25) is 0 Å². The molecule has 0 unspecified atom stereocenters. The molecule has 2 aliphatic heterocycles. The Bertz CT molecular complexity index is 1130. The van der Waals surface area contributed by atoms with E-state index in [2.05, 4.69) is 35.8 Å². The molecule has 2 saturated heterocycles. The quantitative estimate of drug-likeness (QED) is 0.641. The zero-order chi connectivity index (χ0) is 23.8. The molecule has 0 aliphatic carbocycles. The van der Waals surface area contributed by atoms with Crippen molar-refractivity contribution in [2.75, 3.05) is 26.2 Å². The van der Waals surface area contributed by atoms with Gasteiger partial charge in [0.25, 0.3) is 0 Å². The number of sulfonamides is 1. The third-order valence-electron chi connectivity index (χ3n) is 6.12. The number of likely N-dealkylation sites (tertiary alicyclic amines) is 2. The molecule has 2 aromatic rings. The van der Waals surface area contributed by atoms with Crippen LogP contribution in [0.4, 0.5) is 0 Å². The van der Waals surface area contributed by atoms with Gasteiger partial charge in [-0.1, -0.05) is 38.1 Å². The number of amides is 2. The Morgan fingerprint density at radius 1 is 1.18 bits per heavy atom. The summed E-state index contributed by atoms with van der Waals surface area (Å²) in [7, 11) is -3.77. The van der Waals surface area contributed by atoms with Gasteiger partial charge in [0.1, 0.15) is 5.69 Å². The van der Waals surface area contributed by atoms with E-state index in [0.29, 0.717) is 26.1 Å². The maximum atomic E-state index is 12.5. The van der Waals surface area contributed by atoms with Crippen molar-refractivity contribution in [2.24, 2.45) is 0 Å². The topological polar surface area (TPSA) is 118 Å². The minimum absolute atomic E-state index is 0.00831. The van der Waals surface area contributed by atoms with Gasteiger partial charge in [0.15, 0.2) is 0 Å². The van der Waals surface area contributed by atoms with E-state index >= 15 is 0 Å². The molecule has 10 nitrogen and oxygen atoms in total. The summed E-state index contributed by atoms with van der Waals surface area (Å²) >= 11 is 0. The van der Waals surface area contributed by atoms with Crippen LogP contribution in [0.25, 0.3) is 0 Å². The molecule has 1 aromatic heterocycles. The zero-order valence-corrected chi connectivity index (χ0v) is 20.0. The first kappa shape index (κ1) is 23.4. The van der Waals surface area contributed by atoms with Crippen LogP contribution in [0.15, 0.2) is 35.4 Å². The molecule has 0 atom stereocenters. The summed E-state index contributed by atoms with van der Waals surface area (Å²) in [5.74, 6) is -0.151. The summed E-state index contributed by atoms with van der Waals surface area (Å²) in [4.78, 5) is 27.7. The average molecular weight is 475 g/mol. The second kappa shape index (κ2) is 8.86. The fourth-order valence-electron chi connectivity index (χ4n) is 3.94. The molecule has 1 aromatic carbocycles. The van der Waals surface area contributed by atoms with Gasteiger partial charge < -0.3 is 9.80 Å². The van der Waals surface area contributed by atoms with Gasteiger partial charge in [-0.05, 0) is 29.5 Å². The fraction of sp³-hybridized carbons (Fsp3) is 0.545. The number of nitrogens with zero attached hydrogens (tertiary/aromatic N) is 5. The number of nitrogens with one attached hydrogen (secondary N) is 1. The van der Waals surface area contributed by atoms with E-state index in [-0.39, 0.29) is 34.7 Å². The minimum Gasteiger partial charge on any atom is -0.337 e. The number of carbonyl (C=O) groups excluding carboxylic acids is 2. The molecule has 0 saturated carbocycles. The summed E-state index contributed by atoms with van der Waals surface area (Å²) in [5.41, 5.74) is 1.68. The normalized spacial score (nSPS) is 17.5. The van der Waals surface area contributed by atoms with E-state index in [9.17, 15) is 18.0 Å². The SMILES string of the molecule is CC(C)(C)c1ccc(S(=O)(=O)NCC(=O)N2CC(n3cc(CN4CCCC4=O)nn3)C2)cc1. The number of benzene rings is 1. The summed E-state index contributed by atoms with van der Waals surface area (Å²) in [6, 6.07) is 6.70. The van der Waals surface area contributed by atoms with Crippen LogP contribution >= 0.6 is 0 Å². The maximum absolute atomic E-state index is 12.5. The first-order valence-corrected chi connectivity index (χ1v) is 12.6. The summed E-state index contributed by atoms with van der Waals surface area (Å²) in [6.45, 7) is 7.95. The molecule has 11 heteroatoms. The monoisotopic (exact) mass is 474 g/mol. The van der Waals surface area contributed by atoms with Gasteiger partial charge in [0, 0.05) is 26.1 Å². The Kier molecular flexibility index (Phi) is 6.28. The van der Waals surface area contributed by atoms with Gasteiger partial charge >= 0.3 is 0 Å². The van der Waals surface area contributed by atoms with Crippen molar-refractivity contribution < 1.29 is 18.0 Å². The molecule has 3 heterocycles. The van der Waals surface area contributed by atoms with Gasteiger partial charge in [-0.25, -0.2) is 17.8 Å². The van der Waals surface area contributed by atoms with Crippen molar-refractivity contribution in [1.82, 2.24) is 29.5 Å². The fourth-order valence-corrected chi connectivity index (χ4v) is 4.92. The molecular weight excluding hydrogens is 444 g/mol. The van der Waals surface area contributed by atoms with Crippen LogP contribution in [0.3, 0.4) is 0 Å². The Balaban J connectivity index is 1.26. The summed E-state index contributed by atoms with van der Waals surface area (Å²) in [6.07, 6.45) is 3.26. The lowest BCUT2D eigenvalue weighted by molar-refractivity contribution is -0.135. The smallest absolute Gasteiger partial charge is 0.241 e. The second-order valence-electron chi connectivity index (χ2n) is 9.66. The number of rotatable bonds is 7. The predicted octanol–water partition coefficient (Wildman–Crippen LogP) is 1.06.